The van der Waals surface area contributed by atoms with Crippen molar-refractivity contribution in [3.8, 4) is 11.1 Å². The van der Waals surface area contributed by atoms with E-state index in [-0.39, 0.29) is 5.41 Å². The van der Waals surface area contributed by atoms with Crippen LogP contribution < -0.4 is 0 Å². The molecule has 0 aliphatic rings. The summed E-state index contributed by atoms with van der Waals surface area (Å²) in [4.78, 5) is 0. The third-order valence-corrected chi connectivity index (χ3v) is 5.55. The maximum Gasteiger partial charge on any atom is 0.0361 e. The van der Waals surface area contributed by atoms with Crippen molar-refractivity contribution in [2.75, 3.05) is 0 Å². The van der Waals surface area contributed by atoms with Gasteiger partial charge in [-0.05, 0) is 34.2 Å². The second-order valence-corrected chi connectivity index (χ2v) is 8.16. The summed E-state index contributed by atoms with van der Waals surface area (Å²) < 4.78 is 2.74. The molecule has 0 aliphatic carbocycles. The fourth-order valence-corrected chi connectivity index (χ4v) is 4.46. The summed E-state index contributed by atoms with van der Waals surface area (Å²) in [5.74, 6) is 0. The Labute approximate surface area is 141 Å². The van der Waals surface area contributed by atoms with E-state index in [1.54, 1.807) is 0 Å². The molecule has 0 saturated carbocycles. The average Bonchev–Trinajstić information content (AvgIpc) is 2.92. The summed E-state index contributed by atoms with van der Waals surface area (Å²) in [6.07, 6.45) is 0. The van der Waals surface area contributed by atoms with Crippen molar-refractivity contribution in [1.82, 2.24) is 0 Å². The molecule has 0 aliphatic heterocycles. The highest BCUT2D eigenvalue weighted by Crippen LogP contribution is 2.44. The van der Waals surface area contributed by atoms with Gasteiger partial charge in [-0.2, -0.15) is 0 Å². The van der Waals surface area contributed by atoms with E-state index in [2.05, 4.69) is 87.5 Å². The molecular weight excluding hydrogens is 296 g/mol. The summed E-state index contributed by atoms with van der Waals surface area (Å²) in [6.45, 7) is 6.90. The minimum atomic E-state index is 0.113. The van der Waals surface area contributed by atoms with Crippen LogP contribution in [-0.4, -0.2) is 0 Å². The molecule has 0 bridgehead atoms. The Morgan fingerprint density at radius 1 is 0.696 bits per heavy atom. The van der Waals surface area contributed by atoms with E-state index in [4.69, 9.17) is 0 Å². The van der Waals surface area contributed by atoms with Crippen LogP contribution in [0.25, 0.3) is 31.3 Å². The molecule has 23 heavy (non-hydrogen) atoms. The zero-order valence-electron chi connectivity index (χ0n) is 13.8. The monoisotopic (exact) mass is 316 g/mol. The highest BCUT2D eigenvalue weighted by molar-refractivity contribution is 7.25. The number of benzene rings is 3. The molecule has 0 radical (unpaired) electrons. The van der Waals surface area contributed by atoms with Crippen LogP contribution in [-0.2, 0) is 5.41 Å². The molecule has 1 aromatic heterocycles. The number of fused-ring (bicyclic) bond motifs is 3. The summed E-state index contributed by atoms with van der Waals surface area (Å²) in [7, 11) is 0. The Bertz CT molecular complexity index is 985. The van der Waals surface area contributed by atoms with E-state index in [0.29, 0.717) is 0 Å². The lowest BCUT2D eigenvalue weighted by atomic mass is 9.80. The molecule has 0 amide bonds. The minimum absolute atomic E-state index is 0.113. The molecule has 1 heteroatoms. The molecule has 0 spiro atoms. The summed E-state index contributed by atoms with van der Waals surface area (Å²) >= 11 is 1.89. The van der Waals surface area contributed by atoms with Crippen molar-refractivity contribution in [2.24, 2.45) is 0 Å². The number of thiophene rings is 1. The first-order valence-electron chi connectivity index (χ1n) is 8.06. The zero-order chi connectivity index (χ0) is 16.0. The van der Waals surface area contributed by atoms with Crippen molar-refractivity contribution in [3.05, 3.63) is 72.3 Å². The maximum absolute atomic E-state index is 2.32. The highest BCUT2D eigenvalue weighted by Gasteiger charge is 2.22. The Balaban J connectivity index is 2.22. The third-order valence-electron chi connectivity index (χ3n) is 4.41. The Morgan fingerprint density at radius 3 is 2.13 bits per heavy atom. The van der Waals surface area contributed by atoms with Gasteiger partial charge in [0, 0.05) is 20.2 Å². The van der Waals surface area contributed by atoms with Gasteiger partial charge >= 0.3 is 0 Å². The molecule has 1 heterocycles. The number of hydrogen-bond donors (Lipinski definition) is 0. The van der Waals surface area contributed by atoms with Crippen molar-refractivity contribution in [3.63, 3.8) is 0 Å². The Hall–Kier alpha value is -2.12. The highest BCUT2D eigenvalue weighted by atomic mass is 32.1. The van der Waals surface area contributed by atoms with E-state index >= 15 is 0 Å². The van der Waals surface area contributed by atoms with Gasteiger partial charge in [0.05, 0.1) is 0 Å². The van der Waals surface area contributed by atoms with Crippen LogP contribution in [0.15, 0.2) is 66.7 Å². The zero-order valence-corrected chi connectivity index (χ0v) is 14.6. The lowest BCUT2D eigenvalue weighted by Crippen LogP contribution is -2.12. The van der Waals surface area contributed by atoms with Crippen LogP contribution in [0, 0.1) is 0 Å². The van der Waals surface area contributed by atoms with Crippen LogP contribution in [0.4, 0.5) is 0 Å². The van der Waals surface area contributed by atoms with Gasteiger partial charge in [-0.1, -0.05) is 75.4 Å². The van der Waals surface area contributed by atoms with Gasteiger partial charge in [0.2, 0.25) is 0 Å². The molecular formula is C22H20S. The average molecular weight is 316 g/mol. The molecule has 0 fully saturated rings. The molecule has 4 aromatic rings. The van der Waals surface area contributed by atoms with Gasteiger partial charge in [0.25, 0.3) is 0 Å². The summed E-state index contributed by atoms with van der Waals surface area (Å²) in [5.41, 5.74) is 4.24. The van der Waals surface area contributed by atoms with Crippen LogP contribution in [0.5, 0.6) is 0 Å². The topological polar surface area (TPSA) is 0 Å². The van der Waals surface area contributed by atoms with Gasteiger partial charge in [-0.15, -0.1) is 11.3 Å². The first-order chi connectivity index (χ1) is 11.1. The predicted molar refractivity (Wildman–Crippen MR) is 103 cm³/mol. The van der Waals surface area contributed by atoms with Crippen molar-refractivity contribution >= 4 is 31.5 Å². The van der Waals surface area contributed by atoms with Gasteiger partial charge in [0.1, 0.15) is 0 Å². The van der Waals surface area contributed by atoms with E-state index in [0.717, 1.165) is 0 Å². The van der Waals surface area contributed by atoms with Gasteiger partial charge < -0.3 is 0 Å². The molecule has 3 aromatic carbocycles. The maximum atomic E-state index is 2.32. The SMILES string of the molecule is CC(C)(C)c1ccc2sc3ccccc3c2c1-c1ccccc1. The van der Waals surface area contributed by atoms with Crippen LogP contribution in [0.2, 0.25) is 0 Å². The standard InChI is InChI=1S/C22H20S/c1-22(2,3)17-13-14-19-21(16-11-7-8-12-18(16)23-19)20(17)15-9-5-4-6-10-15/h4-14H,1-3H3. The van der Waals surface area contributed by atoms with Gasteiger partial charge in [-0.25, -0.2) is 0 Å². The molecule has 0 atom stereocenters. The molecule has 0 saturated heterocycles. The fourth-order valence-electron chi connectivity index (χ4n) is 3.35. The van der Waals surface area contributed by atoms with Crippen LogP contribution >= 0.6 is 11.3 Å². The van der Waals surface area contributed by atoms with Gasteiger partial charge in [0.15, 0.2) is 0 Å². The van der Waals surface area contributed by atoms with E-state index in [9.17, 15) is 0 Å². The van der Waals surface area contributed by atoms with Gasteiger partial charge in [-0.3, -0.25) is 0 Å². The normalized spacial score (nSPS) is 12.1. The Kier molecular flexibility index (Phi) is 3.28. The van der Waals surface area contributed by atoms with Crippen LogP contribution in [0.1, 0.15) is 26.3 Å². The summed E-state index contributed by atoms with van der Waals surface area (Å²) in [5, 5.41) is 2.78. The van der Waals surface area contributed by atoms with Crippen molar-refractivity contribution < 1.29 is 0 Å². The third kappa shape index (κ3) is 2.36. The van der Waals surface area contributed by atoms with Crippen molar-refractivity contribution in [1.29, 1.82) is 0 Å². The Morgan fingerprint density at radius 2 is 1.39 bits per heavy atom. The van der Waals surface area contributed by atoms with E-state index < -0.39 is 0 Å². The quantitative estimate of drug-likeness (QED) is 0.354. The van der Waals surface area contributed by atoms with Crippen molar-refractivity contribution in [2.45, 2.75) is 26.2 Å². The van der Waals surface area contributed by atoms with E-state index in [1.165, 1.54) is 36.9 Å². The number of hydrogen-bond acceptors (Lipinski definition) is 1. The molecule has 0 N–H and O–H groups in total. The predicted octanol–water partition coefficient (Wildman–Crippen LogP) is 7.02. The molecule has 114 valence electrons. The second-order valence-electron chi connectivity index (χ2n) is 7.08. The molecule has 0 unspecified atom stereocenters. The van der Waals surface area contributed by atoms with E-state index in [1.807, 2.05) is 11.3 Å². The second kappa shape index (κ2) is 5.21. The minimum Gasteiger partial charge on any atom is -0.135 e. The lowest BCUT2D eigenvalue weighted by Gasteiger charge is -2.24. The van der Waals surface area contributed by atoms with Crippen LogP contribution in [0.3, 0.4) is 0 Å². The number of rotatable bonds is 1. The smallest absolute Gasteiger partial charge is 0.0361 e. The molecule has 0 nitrogen and oxygen atoms in total. The fraction of sp³-hybridized carbons (Fsp3) is 0.182. The molecule has 4 rings (SSSR count). The lowest BCUT2D eigenvalue weighted by molar-refractivity contribution is 0.593. The summed E-state index contributed by atoms with van der Waals surface area (Å²) in [6, 6.07) is 24.2. The largest absolute Gasteiger partial charge is 0.135 e. The first-order valence-corrected chi connectivity index (χ1v) is 8.87. The first kappa shape index (κ1) is 14.5.